The fourth-order valence-corrected chi connectivity index (χ4v) is 1.69. The topological polar surface area (TPSA) is 22.1 Å². The van der Waals surface area contributed by atoms with Gasteiger partial charge in [0.1, 0.15) is 5.75 Å². The molecule has 0 fully saturated rings. The monoisotopic (exact) mass is 251 g/mol. The number of ether oxygens (including phenoxy) is 1. The van der Waals surface area contributed by atoms with Gasteiger partial charge < -0.3 is 4.74 Å². The largest absolute Gasteiger partial charge is 0.495 e. The third-order valence-electron chi connectivity index (χ3n) is 2.17. The zero-order chi connectivity index (χ0) is 10.1. The molecule has 0 spiro atoms. The van der Waals surface area contributed by atoms with Gasteiger partial charge in [-0.05, 0) is 30.7 Å². The number of pyridine rings is 1. The third kappa shape index (κ3) is 1.60. The summed E-state index contributed by atoms with van der Waals surface area (Å²) in [5.74, 6) is 0.791. The summed E-state index contributed by atoms with van der Waals surface area (Å²) in [6.07, 6.45) is 1.73. The van der Waals surface area contributed by atoms with Crippen molar-refractivity contribution < 1.29 is 4.74 Å². The lowest BCUT2D eigenvalue weighted by Crippen LogP contribution is -1.86. The van der Waals surface area contributed by atoms with Gasteiger partial charge in [-0.1, -0.05) is 15.9 Å². The van der Waals surface area contributed by atoms with Crippen LogP contribution in [0.25, 0.3) is 10.9 Å². The molecule has 0 bridgehead atoms. The average Bonchev–Trinajstić information content (AvgIpc) is 2.19. The first-order chi connectivity index (χ1) is 6.70. The van der Waals surface area contributed by atoms with Crippen molar-refractivity contribution in [3.8, 4) is 5.75 Å². The van der Waals surface area contributed by atoms with Crippen LogP contribution >= 0.6 is 15.9 Å². The zero-order valence-corrected chi connectivity index (χ0v) is 9.63. The highest BCUT2D eigenvalue weighted by atomic mass is 79.9. The molecular weight excluding hydrogens is 242 g/mol. The van der Waals surface area contributed by atoms with E-state index in [9.17, 15) is 0 Å². The Labute approximate surface area is 91.0 Å². The predicted octanol–water partition coefficient (Wildman–Crippen LogP) is 3.31. The van der Waals surface area contributed by atoms with E-state index in [1.165, 1.54) is 5.56 Å². The van der Waals surface area contributed by atoms with Crippen molar-refractivity contribution in [2.24, 2.45) is 0 Å². The van der Waals surface area contributed by atoms with Crippen molar-refractivity contribution in [2.75, 3.05) is 7.11 Å². The molecule has 0 atom stereocenters. The lowest BCUT2D eigenvalue weighted by atomic mass is 10.1. The van der Waals surface area contributed by atoms with Crippen LogP contribution in [0.15, 0.2) is 28.9 Å². The number of hydrogen-bond acceptors (Lipinski definition) is 2. The fraction of sp³-hybridized carbons (Fsp3) is 0.182. The maximum absolute atomic E-state index is 5.12. The summed E-state index contributed by atoms with van der Waals surface area (Å²) in [5, 5.41) is 1.10. The van der Waals surface area contributed by atoms with Crippen molar-refractivity contribution >= 4 is 26.8 Å². The summed E-state index contributed by atoms with van der Waals surface area (Å²) >= 11 is 3.48. The van der Waals surface area contributed by atoms with Gasteiger partial charge in [0.2, 0.25) is 0 Å². The number of halogens is 1. The molecule has 72 valence electrons. The lowest BCUT2D eigenvalue weighted by molar-refractivity contribution is 0.414. The minimum Gasteiger partial charge on any atom is -0.495 e. The Morgan fingerprint density at radius 3 is 2.79 bits per heavy atom. The highest BCUT2D eigenvalue weighted by Gasteiger charge is 2.01. The Bertz CT molecular complexity index is 482. The van der Waals surface area contributed by atoms with Crippen LogP contribution < -0.4 is 4.74 Å². The molecule has 0 aliphatic rings. The van der Waals surface area contributed by atoms with Crippen LogP contribution in [-0.2, 0) is 0 Å². The van der Waals surface area contributed by atoms with Crippen LogP contribution in [0.4, 0.5) is 0 Å². The number of rotatable bonds is 1. The normalized spacial score (nSPS) is 10.5. The number of hydrogen-bond donors (Lipinski definition) is 0. The first kappa shape index (κ1) is 9.46. The molecule has 1 aromatic carbocycles. The highest BCUT2D eigenvalue weighted by molar-refractivity contribution is 9.10. The molecule has 0 amide bonds. The molecule has 3 heteroatoms. The van der Waals surface area contributed by atoms with Crippen LogP contribution in [-0.4, -0.2) is 12.1 Å². The molecule has 0 aliphatic carbocycles. The Kier molecular flexibility index (Phi) is 2.42. The molecule has 1 heterocycles. The van der Waals surface area contributed by atoms with Crippen molar-refractivity contribution in [1.82, 2.24) is 4.98 Å². The van der Waals surface area contributed by atoms with E-state index in [1.807, 2.05) is 12.1 Å². The van der Waals surface area contributed by atoms with Gasteiger partial charge >= 0.3 is 0 Å². The summed E-state index contributed by atoms with van der Waals surface area (Å²) in [5.41, 5.74) is 2.18. The van der Waals surface area contributed by atoms with Gasteiger partial charge in [0, 0.05) is 9.86 Å². The van der Waals surface area contributed by atoms with Crippen LogP contribution in [0.3, 0.4) is 0 Å². The van der Waals surface area contributed by atoms with E-state index in [-0.39, 0.29) is 0 Å². The van der Waals surface area contributed by atoms with Crippen molar-refractivity contribution in [3.63, 3.8) is 0 Å². The first-order valence-electron chi connectivity index (χ1n) is 4.30. The van der Waals surface area contributed by atoms with Crippen LogP contribution in [0.2, 0.25) is 0 Å². The Balaban J connectivity index is 2.70. The van der Waals surface area contributed by atoms with Crippen LogP contribution in [0, 0.1) is 6.92 Å². The molecule has 0 saturated carbocycles. The Morgan fingerprint density at radius 1 is 1.29 bits per heavy atom. The fourth-order valence-electron chi connectivity index (χ4n) is 1.36. The summed E-state index contributed by atoms with van der Waals surface area (Å²) in [4.78, 5) is 4.30. The van der Waals surface area contributed by atoms with Gasteiger partial charge in [-0.3, -0.25) is 4.98 Å². The maximum atomic E-state index is 5.12. The Hall–Kier alpha value is -1.09. The molecular formula is C11H10BrNO. The van der Waals surface area contributed by atoms with Gasteiger partial charge in [0.05, 0.1) is 18.8 Å². The summed E-state index contributed by atoms with van der Waals surface area (Å²) in [6, 6.07) is 6.10. The van der Waals surface area contributed by atoms with Crippen LogP contribution in [0.5, 0.6) is 5.75 Å². The zero-order valence-electron chi connectivity index (χ0n) is 8.04. The Morgan fingerprint density at radius 2 is 2.07 bits per heavy atom. The number of aromatic nitrogens is 1. The van der Waals surface area contributed by atoms with Gasteiger partial charge in [-0.25, -0.2) is 0 Å². The number of benzene rings is 1. The number of methoxy groups -OCH3 is 1. The molecule has 0 aliphatic heterocycles. The second-order valence-corrected chi connectivity index (χ2v) is 4.02. The van der Waals surface area contributed by atoms with E-state index in [0.717, 1.165) is 21.1 Å². The van der Waals surface area contributed by atoms with Crippen molar-refractivity contribution in [1.29, 1.82) is 0 Å². The molecule has 2 aromatic rings. The summed E-state index contributed by atoms with van der Waals surface area (Å²) in [6.45, 7) is 2.06. The minimum atomic E-state index is 0.791. The van der Waals surface area contributed by atoms with Gasteiger partial charge in [-0.2, -0.15) is 0 Å². The highest BCUT2D eigenvalue weighted by Crippen LogP contribution is 2.24. The lowest BCUT2D eigenvalue weighted by Gasteiger charge is -2.04. The van der Waals surface area contributed by atoms with E-state index in [2.05, 4.69) is 33.9 Å². The van der Waals surface area contributed by atoms with E-state index in [1.54, 1.807) is 13.3 Å². The molecule has 2 rings (SSSR count). The third-order valence-corrected chi connectivity index (χ3v) is 3.03. The average molecular weight is 252 g/mol. The van der Waals surface area contributed by atoms with E-state index < -0.39 is 0 Å². The first-order valence-corrected chi connectivity index (χ1v) is 5.10. The predicted molar refractivity (Wildman–Crippen MR) is 60.7 cm³/mol. The molecule has 0 saturated heterocycles. The van der Waals surface area contributed by atoms with Gasteiger partial charge in [-0.15, -0.1) is 0 Å². The van der Waals surface area contributed by atoms with Gasteiger partial charge in [0.25, 0.3) is 0 Å². The van der Waals surface area contributed by atoms with E-state index >= 15 is 0 Å². The quantitative estimate of drug-likeness (QED) is 0.776. The molecule has 0 radical (unpaired) electrons. The summed E-state index contributed by atoms with van der Waals surface area (Å²) in [7, 11) is 1.65. The standard InChI is InChI=1S/C11H10BrNO/c1-7-3-8-4-9(14-2)6-13-11(8)5-10(7)12/h3-6H,1-2H3. The van der Waals surface area contributed by atoms with E-state index in [4.69, 9.17) is 4.74 Å². The second kappa shape index (κ2) is 3.58. The molecule has 0 N–H and O–H groups in total. The number of nitrogens with zero attached hydrogens (tertiary/aromatic N) is 1. The van der Waals surface area contributed by atoms with Crippen molar-refractivity contribution in [2.45, 2.75) is 6.92 Å². The maximum Gasteiger partial charge on any atom is 0.137 e. The van der Waals surface area contributed by atoms with Crippen LogP contribution in [0.1, 0.15) is 5.56 Å². The smallest absolute Gasteiger partial charge is 0.137 e. The SMILES string of the molecule is COc1cnc2cc(Br)c(C)cc2c1. The number of aryl methyl sites for hydroxylation is 1. The number of fused-ring (bicyclic) bond motifs is 1. The minimum absolute atomic E-state index is 0.791. The second-order valence-electron chi connectivity index (χ2n) is 3.17. The molecule has 1 aromatic heterocycles. The molecule has 14 heavy (non-hydrogen) atoms. The summed E-state index contributed by atoms with van der Waals surface area (Å²) < 4.78 is 6.20. The molecule has 2 nitrogen and oxygen atoms in total. The molecule has 0 unspecified atom stereocenters. The van der Waals surface area contributed by atoms with Crippen molar-refractivity contribution in [3.05, 3.63) is 34.4 Å². The van der Waals surface area contributed by atoms with E-state index in [0.29, 0.717) is 0 Å². The van der Waals surface area contributed by atoms with Gasteiger partial charge in [0.15, 0.2) is 0 Å².